The van der Waals surface area contributed by atoms with E-state index in [1.54, 1.807) is 43.7 Å². The Kier molecular flexibility index (Phi) is 7.19. The number of nitrogens with zero attached hydrogens (tertiary/aromatic N) is 1. The van der Waals surface area contributed by atoms with Crippen molar-refractivity contribution in [2.45, 2.75) is 32.9 Å². The number of hydrogen-bond donors (Lipinski definition) is 2. The molecule has 3 rings (SSSR count). The highest BCUT2D eigenvalue weighted by molar-refractivity contribution is 8.05. The fraction of sp³-hybridized carbons (Fsp3) is 0.318. The van der Waals surface area contributed by atoms with Crippen LogP contribution in [0.4, 0.5) is 0 Å². The number of benzene rings is 1. The van der Waals surface area contributed by atoms with Gasteiger partial charge in [-0.1, -0.05) is 23.9 Å². The number of ether oxygens (including phenoxy) is 2. The lowest BCUT2D eigenvalue weighted by molar-refractivity contribution is -0.147. The van der Waals surface area contributed by atoms with Gasteiger partial charge in [0.25, 0.3) is 5.91 Å². The first kappa shape index (κ1) is 22.6. The first-order valence-corrected chi connectivity index (χ1v) is 10.5. The molecule has 2 aliphatic heterocycles. The second-order valence-corrected chi connectivity index (χ2v) is 8.06. The van der Waals surface area contributed by atoms with Gasteiger partial charge in [-0.05, 0) is 35.6 Å². The fourth-order valence-corrected chi connectivity index (χ4v) is 4.26. The summed E-state index contributed by atoms with van der Waals surface area (Å²) < 4.78 is 10.6. The van der Waals surface area contributed by atoms with Crippen molar-refractivity contribution in [3.05, 3.63) is 63.2 Å². The van der Waals surface area contributed by atoms with Crippen LogP contribution < -0.4 is 10.1 Å². The highest BCUT2D eigenvalue weighted by Crippen LogP contribution is 2.47. The standard InChI is InChI=1S/C22H24N2O6S/c1-13(11-25)19-17-10-18(31-9-8-23-14(2)26)20(24(17)21(19)27)22(28)30-12-15-4-6-16(29-3)7-5-15/h4-9,17,25H,10-12H2,1-3H3,(H,23,26)/b9-8+,19-13+/t17-/m1/s1. The molecular formula is C22H24N2O6S. The zero-order valence-electron chi connectivity index (χ0n) is 17.5. The number of aliphatic hydroxyl groups is 1. The molecule has 9 heteroatoms. The van der Waals surface area contributed by atoms with Crippen molar-refractivity contribution in [3.8, 4) is 5.75 Å². The van der Waals surface area contributed by atoms with E-state index < -0.39 is 5.97 Å². The molecule has 1 aromatic rings. The van der Waals surface area contributed by atoms with Crippen LogP contribution in [0.5, 0.6) is 5.75 Å². The zero-order chi connectivity index (χ0) is 22.5. The van der Waals surface area contributed by atoms with Crippen molar-refractivity contribution in [2.24, 2.45) is 0 Å². The third kappa shape index (κ3) is 4.83. The SMILES string of the molecule is COc1ccc(COC(=O)C2=C(S/C=C/NC(C)=O)C[C@@H]3/C(=C(/C)CO)C(=O)N23)cc1. The van der Waals surface area contributed by atoms with Gasteiger partial charge in [0.15, 0.2) is 0 Å². The van der Waals surface area contributed by atoms with Gasteiger partial charge in [-0.25, -0.2) is 4.79 Å². The highest BCUT2D eigenvalue weighted by atomic mass is 32.2. The molecule has 0 saturated carbocycles. The maximum absolute atomic E-state index is 12.9. The van der Waals surface area contributed by atoms with Crippen molar-refractivity contribution < 1.29 is 29.0 Å². The molecule has 0 spiro atoms. The lowest BCUT2D eigenvalue weighted by Gasteiger charge is -2.39. The van der Waals surface area contributed by atoms with E-state index in [0.29, 0.717) is 28.2 Å². The molecule has 164 valence electrons. The van der Waals surface area contributed by atoms with Gasteiger partial charge < -0.3 is 19.9 Å². The van der Waals surface area contributed by atoms with Crippen LogP contribution in [0.25, 0.3) is 0 Å². The summed E-state index contributed by atoms with van der Waals surface area (Å²) in [6, 6.07) is 6.85. The molecule has 31 heavy (non-hydrogen) atoms. The van der Waals surface area contributed by atoms with Gasteiger partial charge in [0.1, 0.15) is 18.1 Å². The predicted molar refractivity (Wildman–Crippen MR) is 115 cm³/mol. The van der Waals surface area contributed by atoms with Crippen LogP contribution in [0.2, 0.25) is 0 Å². The summed E-state index contributed by atoms with van der Waals surface area (Å²) in [5.41, 5.74) is 2.12. The third-order valence-electron chi connectivity index (χ3n) is 4.96. The molecule has 2 aliphatic rings. The van der Waals surface area contributed by atoms with Crippen molar-refractivity contribution in [1.29, 1.82) is 0 Å². The molecule has 2 heterocycles. The number of methoxy groups -OCH3 is 1. The van der Waals surface area contributed by atoms with Crippen LogP contribution in [0.3, 0.4) is 0 Å². The molecule has 1 atom stereocenters. The van der Waals surface area contributed by atoms with Gasteiger partial charge in [-0.3, -0.25) is 14.5 Å². The van der Waals surface area contributed by atoms with E-state index in [1.807, 2.05) is 0 Å². The number of carbonyl (C=O) groups is 3. The molecule has 0 bridgehead atoms. The average molecular weight is 445 g/mol. The molecule has 1 saturated heterocycles. The maximum Gasteiger partial charge on any atom is 0.356 e. The molecular weight excluding hydrogens is 420 g/mol. The molecule has 1 aromatic carbocycles. The average Bonchev–Trinajstić information content (AvgIpc) is 3.09. The third-order valence-corrected chi connectivity index (χ3v) is 5.88. The predicted octanol–water partition coefficient (Wildman–Crippen LogP) is 2.21. The molecule has 0 radical (unpaired) electrons. The van der Waals surface area contributed by atoms with Crippen molar-refractivity contribution in [3.63, 3.8) is 0 Å². The topological polar surface area (TPSA) is 105 Å². The van der Waals surface area contributed by atoms with Gasteiger partial charge in [0.2, 0.25) is 5.91 Å². The Bertz CT molecular complexity index is 980. The summed E-state index contributed by atoms with van der Waals surface area (Å²) in [4.78, 5) is 38.7. The quantitative estimate of drug-likeness (QED) is 0.360. The van der Waals surface area contributed by atoms with Gasteiger partial charge in [0, 0.05) is 30.0 Å². The second-order valence-electron chi connectivity index (χ2n) is 7.06. The van der Waals surface area contributed by atoms with Gasteiger partial charge >= 0.3 is 5.97 Å². The molecule has 2 amide bonds. The van der Waals surface area contributed by atoms with E-state index in [9.17, 15) is 19.5 Å². The number of nitrogens with one attached hydrogen (secondary N) is 1. The lowest BCUT2D eigenvalue weighted by Crippen LogP contribution is -2.53. The van der Waals surface area contributed by atoms with Crippen molar-refractivity contribution in [1.82, 2.24) is 10.2 Å². The van der Waals surface area contributed by atoms with Crippen LogP contribution in [0.15, 0.2) is 57.6 Å². The highest BCUT2D eigenvalue weighted by Gasteiger charge is 2.52. The number of esters is 1. The van der Waals surface area contributed by atoms with Crippen molar-refractivity contribution in [2.75, 3.05) is 13.7 Å². The summed E-state index contributed by atoms with van der Waals surface area (Å²) in [6.45, 7) is 2.93. The Balaban J connectivity index is 1.78. The molecule has 0 aromatic heterocycles. The summed E-state index contributed by atoms with van der Waals surface area (Å²) in [5.74, 6) is -0.401. The van der Waals surface area contributed by atoms with E-state index >= 15 is 0 Å². The van der Waals surface area contributed by atoms with E-state index in [1.165, 1.54) is 29.8 Å². The maximum atomic E-state index is 12.9. The van der Waals surface area contributed by atoms with Gasteiger partial charge in [-0.2, -0.15) is 0 Å². The van der Waals surface area contributed by atoms with Crippen LogP contribution in [0, 0.1) is 0 Å². The number of thioether (sulfide) groups is 1. The number of rotatable bonds is 8. The molecule has 2 N–H and O–H groups in total. The first-order valence-electron chi connectivity index (χ1n) is 9.63. The fourth-order valence-electron chi connectivity index (χ4n) is 3.41. The monoisotopic (exact) mass is 444 g/mol. The largest absolute Gasteiger partial charge is 0.497 e. The zero-order valence-corrected chi connectivity index (χ0v) is 18.3. The number of β-lactam (4-membered cyclic amide) rings is 1. The van der Waals surface area contributed by atoms with Gasteiger partial charge in [-0.15, -0.1) is 0 Å². The summed E-state index contributed by atoms with van der Waals surface area (Å²) in [7, 11) is 1.57. The Morgan fingerprint density at radius 3 is 2.61 bits per heavy atom. The Morgan fingerprint density at radius 1 is 1.29 bits per heavy atom. The number of aliphatic hydroxyl groups excluding tert-OH is 1. The summed E-state index contributed by atoms with van der Waals surface area (Å²) in [5, 5.41) is 13.6. The van der Waals surface area contributed by atoms with E-state index in [0.717, 1.165) is 5.56 Å². The normalized spacial score (nSPS) is 19.3. The molecule has 1 fully saturated rings. The summed E-state index contributed by atoms with van der Waals surface area (Å²) >= 11 is 1.25. The van der Waals surface area contributed by atoms with E-state index in [-0.39, 0.29) is 36.8 Å². The molecule has 8 nitrogen and oxygen atoms in total. The minimum Gasteiger partial charge on any atom is -0.497 e. The second kappa shape index (κ2) is 9.84. The molecule has 0 aliphatic carbocycles. The van der Waals surface area contributed by atoms with E-state index in [2.05, 4.69) is 5.32 Å². The Labute approximate surface area is 184 Å². The number of carbonyl (C=O) groups excluding carboxylic acids is 3. The number of hydrogen-bond acceptors (Lipinski definition) is 7. The van der Waals surface area contributed by atoms with Crippen molar-refractivity contribution >= 4 is 29.5 Å². The Morgan fingerprint density at radius 2 is 2.00 bits per heavy atom. The first-order chi connectivity index (χ1) is 14.9. The Hall–Kier alpha value is -3.04. The molecule has 0 unspecified atom stereocenters. The smallest absolute Gasteiger partial charge is 0.356 e. The van der Waals surface area contributed by atoms with Crippen LogP contribution in [-0.4, -0.2) is 47.5 Å². The van der Waals surface area contributed by atoms with Crippen LogP contribution >= 0.6 is 11.8 Å². The minimum absolute atomic E-state index is 0.0526. The van der Waals surface area contributed by atoms with Gasteiger partial charge in [0.05, 0.1) is 19.8 Å². The lowest BCUT2D eigenvalue weighted by atomic mass is 9.90. The van der Waals surface area contributed by atoms with Crippen LogP contribution in [0.1, 0.15) is 25.8 Å². The summed E-state index contributed by atoms with van der Waals surface area (Å²) in [6.07, 6.45) is 1.92. The number of amides is 2. The minimum atomic E-state index is -0.595. The van der Waals surface area contributed by atoms with E-state index in [4.69, 9.17) is 9.47 Å². The van der Waals surface area contributed by atoms with Crippen LogP contribution in [-0.2, 0) is 25.7 Å². The number of fused-ring (bicyclic) bond motifs is 1.